The molecule has 0 radical (unpaired) electrons. The van der Waals surface area contributed by atoms with E-state index >= 15 is 0 Å². The molecule has 10 rings (SSSR count). The molecule has 0 unspecified atom stereocenters. The van der Waals surface area contributed by atoms with E-state index in [-0.39, 0.29) is 0 Å². The molecular weight excluding hydrogens is 665 g/mol. The van der Waals surface area contributed by atoms with Crippen molar-refractivity contribution in [3.8, 4) is 51.0 Å². The van der Waals surface area contributed by atoms with E-state index < -0.39 is 0 Å². The monoisotopic (exact) mass is 698 g/mol. The van der Waals surface area contributed by atoms with Crippen molar-refractivity contribution in [2.45, 2.75) is 19.8 Å². The van der Waals surface area contributed by atoms with Crippen molar-refractivity contribution in [3.05, 3.63) is 169 Å². The van der Waals surface area contributed by atoms with E-state index in [1.54, 1.807) is 0 Å². The number of nitrogens with zero attached hydrogens (tertiary/aromatic N) is 4. The molecule has 3 aromatic heterocycles. The summed E-state index contributed by atoms with van der Waals surface area (Å²) in [4.78, 5) is 14.8. The van der Waals surface area contributed by atoms with Gasteiger partial charge in [0.15, 0.2) is 17.5 Å². The number of aromatic nitrogens is 4. The molecule has 7 aromatic carbocycles. The van der Waals surface area contributed by atoms with Crippen LogP contribution in [0.15, 0.2) is 164 Å². The Bertz CT molecular complexity index is 2890. The molecule has 0 N–H and O–H groups in total. The molecule has 0 fully saturated rings. The van der Waals surface area contributed by atoms with E-state index in [4.69, 9.17) is 15.0 Å². The van der Waals surface area contributed by atoms with Gasteiger partial charge in [0.25, 0.3) is 0 Å². The predicted molar refractivity (Wildman–Crippen MR) is 223 cm³/mol. The third kappa shape index (κ3) is 5.40. The summed E-state index contributed by atoms with van der Waals surface area (Å²) in [6.07, 6.45) is 2.25. The van der Waals surface area contributed by atoms with Crippen molar-refractivity contribution >= 4 is 53.3 Å². The van der Waals surface area contributed by atoms with Crippen molar-refractivity contribution in [1.82, 2.24) is 19.5 Å². The summed E-state index contributed by atoms with van der Waals surface area (Å²) in [5.74, 6) is 1.96. The summed E-state index contributed by atoms with van der Waals surface area (Å²) in [6, 6.07) is 58.2. The molecule has 0 aliphatic heterocycles. The Morgan fingerprint density at radius 3 is 1.77 bits per heavy atom. The zero-order valence-corrected chi connectivity index (χ0v) is 30.0. The Morgan fingerprint density at radius 1 is 0.491 bits per heavy atom. The minimum Gasteiger partial charge on any atom is -0.309 e. The number of benzene rings is 7. The lowest BCUT2D eigenvalue weighted by Gasteiger charge is -2.11. The Kier molecular flexibility index (Phi) is 7.66. The fraction of sp³-hybridized carbons (Fsp3) is 0.0625. The average Bonchev–Trinajstić information content (AvgIpc) is 3.77. The van der Waals surface area contributed by atoms with Crippen LogP contribution in [0.2, 0.25) is 0 Å². The van der Waals surface area contributed by atoms with E-state index in [1.807, 2.05) is 72.0 Å². The van der Waals surface area contributed by atoms with Gasteiger partial charge in [-0.05, 0) is 66.1 Å². The van der Waals surface area contributed by atoms with Gasteiger partial charge in [0.1, 0.15) is 0 Å². The second-order valence-electron chi connectivity index (χ2n) is 13.5. The number of hydrogen-bond donors (Lipinski definition) is 0. The van der Waals surface area contributed by atoms with Gasteiger partial charge in [-0.2, -0.15) is 0 Å². The van der Waals surface area contributed by atoms with E-state index in [9.17, 15) is 0 Å². The third-order valence-electron chi connectivity index (χ3n) is 10.2. The van der Waals surface area contributed by atoms with Gasteiger partial charge in [0.05, 0.1) is 11.0 Å². The zero-order chi connectivity index (χ0) is 35.3. The van der Waals surface area contributed by atoms with Crippen LogP contribution in [0.4, 0.5) is 0 Å². The van der Waals surface area contributed by atoms with E-state index in [0.717, 1.165) is 35.2 Å². The molecule has 0 saturated heterocycles. The first-order valence-corrected chi connectivity index (χ1v) is 19.0. The minimum atomic E-state index is 0.645. The molecule has 10 aromatic rings. The predicted octanol–water partition coefficient (Wildman–Crippen LogP) is 13.0. The number of fused-ring (bicyclic) bond motifs is 6. The molecule has 5 heteroatoms. The van der Waals surface area contributed by atoms with Crippen molar-refractivity contribution in [2.24, 2.45) is 0 Å². The highest BCUT2D eigenvalue weighted by Crippen LogP contribution is 2.44. The normalized spacial score (nSPS) is 11.6. The van der Waals surface area contributed by atoms with E-state index in [1.165, 1.54) is 58.7 Å². The molecular formula is C48H34N4S. The molecule has 0 saturated carbocycles. The average molecular weight is 699 g/mol. The summed E-state index contributed by atoms with van der Waals surface area (Å²) in [5, 5.41) is 5.20. The van der Waals surface area contributed by atoms with Crippen LogP contribution >= 0.6 is 11.3 Å². The maximum absolute atomic E-state index is 4.96. The number of rotatable bonds is 7. The van der Waals surface area contributed by atoms with Crippen molar-refractivity contribution in [2.75, 3.05) is 0 Å². The molecule has 0 aliphatic rings. The van der Waals surface area contributed by atoms with Gasteiger partial charge in [0.2, 0.25) is 0 Å². The second-order valence-corrected chi connectivity index (χ2v) is 14.6. The summed E-state index contributed by atoms with van der Waals surface area (Å²) < 4.78 is 5.07. The Morgan fingerprint density at radius 2 is 1.08 bits per heavy atom. The maximum atomic E-state index is 4.96. The van der Waals surface area contributed by atoms with Crippen LogP contribution in [0.3, 0.4) is 0 Å². The van der Waals surface area contributed by atoms with Gasteiger partial charge in [-0.1, -0.05) is 129 Å². The van der Waals surface area contributed by atoms with Crippen LogP contribution in [0.1, 0.15) is 18.9 Å². The van der Waals surface area contributed by atoms with Crippen LogP contribution < -0.4 is 0 Å². The number of thiophene rings is 1. The molecule has 0 amide bonds. The van der Waals surface area contributed by atoms with Crippen LogP contribution in [-0.4, -0.2) is 19.5 Å². The summed E-state index contributed by atoms with van der Waals surface area (Å²) in [7, 11) is 0. The summed E-state index contributed by atoms with van der Waals surface area (Å²) in [5.41, 5.74) is 10.2. The van der Waals surface area contributed by atoms with Crippen LogP contribution in [0, 0.1) is 0 Å². The molecule has 0 spiro atoms. The molecule has 0 aliphatic carbocycles. The van der Waals surface area contributed by atoms with Gasteiger partial charge in [-0.3, -0.25) is 0 Å². The zero-order valence-electron chi connectivity index (χ0n) is 29.2. The number of aryl methyl sites for hydroxylation is 1. The largest absolute Gasteiger partial charge is 0.309 e. The summed E-state index contributed by atoms with van der Waals surface area (Å²) in [6.45, 7) is 2.25. The standard InChI is InChI=1S/C48H34N4S/c1-2-13-31-24-29-43-40(30-31)38-21-11-20-37(45(38)53-43)36-19-12-23-42-44(36)39-18-9-10-22-41(39)52(42)35-27-25-34(26-28-35)48-50-46(32-14-5-3-6-15-32)49-47(51-48)33-16-7-4-8-17-33/h3-12,14-30H,2,13H2,1H3. The number of hydrogen-bond acceptors (Lipinski definition) is 4. The Labute approximate surface area is 311 Å². The fourth-order valence-electron chi connectivity index (χ4n) is 7.72. The number of para-hydroxylation sites is 1. The molecule has 4 nitrogen and oxygen atoms in total. The topological polar surface area (TPSA) is 43.6 Å². The van der Waals surface area contributed by atoms with Crippen LogP contribution in [0.25, 0.3) is 93.0 Å². The Balaban J connectivity index is 1.12. The fourth-order valence-corrected chi connectivity index (χ4v) is 8.93. The van der Waals surface area contributed by atoms with E-state index in [0.29, 0.717) is 17.5 Å². The SMILES string of the molecule is CCCc1ccc2sc3c(-c4cccc5c4c4ccccc4n5-c4ccc(-c5nc(-c6ccccc6)nc(-c6ccccc6)n5)cc4)cccc3c2c1. The molecule has 0 bridgehead atoms. The van der Waals surface area contributed by atoms with Gasteiger partial charge in [-0.15, -0.1) is 11.3 Å². The van der Waals surface area contributed by atoms with E-state index in [2.05, 4.69) is 115 Å². The quantitative estimate of drug-likeness (QED) is 0.166. The van der Waals surface area contributed by atoms with Crippen molar-refractivity contribution < 1.29 is 0 Å². The van der Waals surface area contributed by atoms with Gasteiger partial charge in [0, 0.05) is 58.9 Å². The maximum Gasteiger partial charge on any atom is 0.164 e. The second kappa shape index (κ2) is 13.0. The molecule has 252 valence electrons. The lowest BCUT2D eigenvalue weighted by molar-refractivity contribution is 0.924. The van der Waals surface area contributed by atoms with Crippen LogP contribution in [0.5, 0.6) is 0 Å². The summed E-state index contributed by atoms with van der Waals surface area (Å²) >= 11 is 1.90. The molecule has 53 heavy (non-hydrogen) atoms. The van der Waals surface area contributed by atoms with Gasteiger partial charge < -0.3 is 4.57 Å². The lowest BCUT2D eigenvalue weighted by atomic mass is 9.97. The smallest absolute Gasteiger partial charge is 0.164 e. The highest BCUT2D eigenvalue weighted by Gasteiger charge is 2.19. The first kappa shape index (κ1) is 31.3. The molecule has 3 heterocycles. The highest BCUT2D eigenvalue weighted by molar-refractivity contribution is 7.26. The van der Waals surface area contributed by atoms with Crippen molar-refractivity contribution in [3.63, 3.8) is 0 Å². The first-order valence-electron chi connectivity index (χ1n) is 18.2. The Hall–Kier alpha value is -6.43. The van der Waals surface area contributed by atoms with Crippen molar-refractivity contribution in [1.29, 1.82) is 0 Å². The first-order chi connectivity index (χ1) is 26.2. The third-order valence-corrected chi connectivity index (χ3v) is 11.4. The van der Waals surface area contributed by atoms with Gasteiger partial charge >= 0.3 is 0 Å². The minimum absolute atomic E-state index is 0.645. The highest BCUT2D eigenvalue weighted by atomic mass is 32.1. The van der Waals surface area contributed by atoms with Crippen LogP contribution in [-0.2, 0) is 6.42 Å². The lowest BCUT2D eigenvalue weighted by Crippen LogP contribution is -2.00. The van der Waals surface area contributed by atoms with Gasteiger partial charge in [-0.25, -0.2) is 15.0 Å². The molecule has 0 atom stereocenters.